The van der Waals surface area contributed by atoms with E-state index in [1.54, 1.807) is 48.5 Å². The molecule has 5 N–H and O–H groups in total. The fourth-order valence-electron chi connectivity index (χ4n) is 3.81. The standard InChI is InChI=1S/C24H21N3O5/c28-20-8-4-7-17-18(20)13-19(23(30)31)21(17)27-22(29)14-9-11-16(12-10-14)26-24(32)25-15-5-2-1-3-6-15/h1-12,19,21,28H,13H2,(H,27,29)(H,30,31)(H2,25,26,32)/t19-,21+/m0/s1. The number of aromatic hydroxyl groups is 1. The number of nitrogens with one attached hydrogen (secondary N) is 3. The summed E-state index contributed by atoms with van der Waals surface area (Å²) in [6, 6.07) is 18.9. The van der Waals surface area contributed by atoms with Gasteiger partial charge < -0.3 is 26.2 Å². The van der Waals surface area contributed by atoms with Crippen LogP contribution in [-0.2, 0) is 11.2 Å². The van der Waals surface area contributed by atoms with E-state index in [-0.39, 0.29) is 12.2 Å². The smallest absolute Gasteiger partial charge is 0.323 e. The van der Waals surface area contributed by atoms with Crippen LogP contribution in [0.4, 0.5) is 16.2 Å². The number of carboxylic acid groups (broad SMARTS) is 1. The van der Waals surface area contributed by atoms with Crippen molar-refractivity contribution >= 4 is 29.3 Å². The molecule has 2 atom stereocenters. The van der Waals surface area contributed by atoms with E-state index in [1.165, 1.54) is 6.07 Å². The molecule has 0 aliphatic heterocycles. The van der Waals surface area contributed by atoms with Crippen LogP contribution in [0, 0.1) is 5.92 Å². The number of phenolic OH excluding ortho intramolecular Hbond substituents is 1. The summed E-state index contributed by atoms with van der Waals surface area (Å²) in [5, 5.41) is 27.8. The maximum absolute atomic E-state index is 12.8. The number of para-hydroxylation sites is 1. The summed E-state index contributed by atoms with van der Waals surface area (Å²) in [6.07, 6.45) is 0.141. The number of anilines is 2. The molecule has 3 aromatic rings. The molecule has 0 aromatic heterocycles. The predicted octanol–water partition coefficient (Wildman–Crippen LogP) is 3.76. The van der Waals surface area contributed by atoms with E-state index in [0.717, 1.165) is 0 Å². The van der Waals surface area contributed by atoms with E-state index >= 15 is 0 Å². The number of carbonyl (C=O) groups excluding carboxylic acids is 2. The number of fused-ring (bicyclic) bond motifs is 1. The van der Waals surface area contributed by atoms with Crippen LogP contribution in [0.5, 0.6) is 5.75 Å². The minimum Gasteiger partial charge on any atom is -0.508 e. The summed E-state index contributed by atoms with van der Waals surface area (Å²) in [4.78, 5) is 36.6. The van der Waals surface area contributed by atoms with Gasteiger partial charge in [-0.25, -0.2) is 4.79 Å². The molecule has 0 fully saturated rings. The molecule has 3 amide bonds. The second-order valence-electron chi connectivity index (χ2n) is 7.47. The first kappa shape index (κ1) is 20.9. The molecule has 8 heteroatoms. The first-order valence-electron chi connectivity index (χ1n) is 10.00. The summed E-state index contributed by atoms with van der Waals surface area (Å²) >= 11 is 0. The third-order valence-electron chi connectivity index (χ3n) is 5.39. The zero-order valence-corrected chi connectivity index (χ0v) is 16.9. The fraction of sp³-hybridized carbons (Fsp3) is 0.125. The number of carboxylic acids is 1. The van der Waals surface area contributed by atoms with E-state index in [9.17, 15) is 24.6 Å². The Morgan fingerprint density at radius 2 is 1.47 bits per heavy atom. The van der Waals surface area contributed by atoms with Crippen molar-refractivity contribution < 1.29 is 24.6 Å². The summed E-state index contributed by atoms with van der Waals surface area (Å²) in [5.41, 5.74) is 2.60. The summed E-state index contributed by atoms with van der Waals surface area (Å²) in [6.45, 7) is 0. The second-order valence-corrected chi connectivity index (χ2v) is 7.47. The number of hydrogen-bond acceptors (Lipinski definition) is 4. The molecule has 0 bridgehead atoms. The van der Waals surface area contributed by atoms with E-state index in [0.29, 0.717) is 28.1 Å². The van der Waals surface area contributed by atoms with Crippen LogP contribution in [0.15, 0.2) is 72.8 Å². The first-order valence-corrected chi connectivity index (χ1v) is 10.00. The molecule has 8 nitrogen and oxygen atoms in total. The van der Waals surface area contributed by atoms with Gasteiger partial charge in [0, 0.05) is 22.5 Å². The van der Waals surface area contributed by atoms with Crippen molar-refractivity contribution in [1.82, 2.24) is 5.32 Å². The molecule has 1 aliphatic carbocycles. The fourth-order valence-corrected chi connectivity index (χ4v) is 3.81. The Morgan fingerprint density at radius 1 is 0.812 bits per heavy atom. The molecular formula is C24H21N3O5. The van der Waals surface area contributed by atoms with Crippen molar-refractivity contribution in [2.45, 2.75) is 12.5 Å². The minimum atomic E-state index is -1.05. The lowest BCUT2D eigenvalue weighted by atomic mass is 10.00. The van der Waals surface area contributed by atoms with E-state index < -0.39 is 29.9 Å². The number of amides is 3. The predicted molar refractivity (Wildman–Crippen MR) is 119 cm³/mol. The van der Waals surface area contributed by atoms with Crippen LogP contribution in [0.3, 0.4) is 0 Å². The first-order chi connectivity index (χ1) is 15.4. The van der Waals surface area contributed by atoms with Crippen molar-refractivity contribution in [1.29, 1.82) is 0 Å². The highest BCUT2D eigenvalue weighted by Gasteiger charge is 2.39. The second kappa shape index (κ2) is 8.81. The zero-order chi connectivity index (χ0) is 22.7. The van der Waals surface area contributed by atoms with Gasteiger partial charge in [-0.05, 0) is 54.4 Å². The molecule has 1 aliphatic rings. The van der Waals surface area contributed by atoms with Crippen molar-refractivity contribution in [2.24, 2.45) is 5.92 Å². The van der Waals surface area contributed by atoms with Gasteiger partial charge in [0.2, 0.25) is 0 Å². The summed E-state index contributed by atoms with van der Waals surface area (Å²) in [7, 11) is 0. The number of rotatable bonds is 5. The number of hydrogen-bond donors (Lipinski definition) is 5. The van der Waals surface area contributed by atoms with Crippen molar-refractivity contribution in [3.63, 3.8) is 0 Å². The third-order valence-corrected chi connectivity index (χ3v) is 5.39. The van der Waals surface area contributed by atoms with Crippen molar-refractivity contribution in [3.05, 3.63) is 89.5 Å². The molecule has 0 spiro atoms. The van der Waals surface area contributed by atoms with E-state index in [1.807, 2.05) is 18.2 Å². The molecule has 0 unspecified atom stereocenters. The molecule has 32 heavy (non-hydrogen) atoms. The quantitative estimate of drug-likeness (QED) is 0.420. The Balaban J connectivity index is 1.43. The normalized spacial score (nSPS) is 16.6. The molecule has 0 saturated heterocycles. The Kier molecular flexibility index (Phi) is 5.76. The lowest BCUT2D eigenvalue weighted by molar-refractivity contribution is -0.142. The molecule has 3 aromatic carbocycles. The highest BCUT2D eigenvalue weighted by atomic mass is 16.4. The Labute approximate surface area is 183 Å². The van der Waals surface area contributed by atoms with E-state index in [2.05, 4.69) is 16.0 Å². The number of benzene rings is 3. The number of aliphatic carboxylic acids is 1. The highest BCUT2D eigenvalue weighted by molar-refractivity contribution is 6.00. The Hall–Kier alpha value is -4.33. The van der Waals surface area contributed by atoms with E-state index in [4.69, 9.17) is 0 Å². The van der Waals surface area contributed by atoms with Gasteiger partial charge in [-0.2, -0.15) is 0 Å². The number of phenols is 1. The molecule has 0 saturated carbocycles. The van der Waals surface area contributed by atoms with Gasteiger partial charge >= 0.3 is 12.0 Å². The summed E-state index contributed by atoms with van der Waals surface area (Å²) < 4.78 is 0. The maximum Gasteiger partial charge on any atom is 0.323 e. The van der Waals surface area contributed by atoms with Crippen LogP contribution in [0.1, 0.15) is 27.5 Å². The lowest BCUT2D eigenvalue weighted by Crippen LogP contribution is -2.34. The number of carbonyl (C=O) groups is 3. The van der Waals surface area contributed by atoms with Gasteiger partial charge in [0.25, 0.3) is 5.91 Å². The van der Waals surface area contributed by atoms with Crippen LogP contribution in [0.2, 0.25) is 0 Å². The van der Waals surface area contributed by atoms with Crippen LogP contribution in [0.25, 0.3) is 0 Å². The molecule has 4 rings (SSSR count). The van der Waals surface area contributed by atoms with Gasteiger partial charge in [0.15, 0.2) is 0 Å². The zero-order valence-electron chi connectivity index (χ0n) is 16.9. The Bertz CT molecular complexity index is 1160. The van der Waals surface area contributed by atoms with Gasteiger partial charge in [-0.1, -0.05) is 30.3 Å². The summed E-state index contributed by atoms with van der Waals surface area (Å²) in [5.74, 6) is -2.34. The largest absolute Gasteiger partial charge is 0.508 e. The van der Waals surface area contributed by atoms with Gasteiger partial charge in [-0.15, -0.1) is 0 Å². The third kappa shape index (κ3) is 4.39. The van der Waals surface area contributed by atoms with Crippen molar-refractivity contribution in [2.75, 3.05) is 10.6 Å². The molecule has 162 valence electrons. The lowest BCUT2D eigenvalue weighted by Gasteiger charge is -2.19. The number of urea groups is 1. The monoisotopic (exact) mass is 431 g/mol. The van der Waals surface area contributed by atoms with Crippen LogP contribution in [-0.4, -0.2) is 28.1 Å². The average molecular weight is 431 g/mol. The molecule has 0 heterocycles. The van der Waals surface area contributed by atoms with Crippen LogP contribution < -0.4 is 16.0 Å². The SMILES string of the molecule is O=C(Nc1ccccc1)Nc1ccc(C(=O)N[C@@H]2c3cccc(O)c3C[C@@H]2C(=O)O)cc1. The highest BCUT2D eigenvalue weighted by Crippen LogP contribution is 2.40. The average Bonchev–Trinajstić information content (AvgIpc) is 3.15. The topological polar surface area (TPSA) is 128 Å². The van der Waals surface area contributed by atoms with Gasteiger partial charge in [0.05, 0.1) is 12.0 Å². The van der Waals surface area contributed by atoms with Gasteiger partial charge in [0.1, 0.15) is 5.75 Å². The molecule has 0 radical (unpaired) electrons. The maximum atomic E-state index is 12.8. The molecular weight excluding hydrogens is 410 g/mol. The van der Waals surface area contributed by atoms with Crippen LogP contribution >= 0.6 is 0 Å². The Morgan fingerprint density at radius 3 is 2.12 bits per heavy atom. The van der Waals surface area contributed by atoms with Gasteiger partial charge in [-0.3, -0.25) is 9.59 Å². The minimum absolute atomic E-state index is 0.0229. The van der Waals surface area contributed by atoms with Crippen molar-refractivity contribution in [3.8, 4) is 5.75 Å².